The number of rotatable bonds is 8. The molecule has 7 heteroatoms. The smallest absolute Gasteiger partial charge is 0.395 e. The maximum atomic E-state index is 12.7. The number of oxime groups is 1. The molecule has 0 aliphatic heterocycles. The average Bonchev–Trinajstić information content (AvgIpc) is 3.19. The van der Waals surface area contributed by atoms with Gasteiger partial charge in [-0.3, -0.25) is 4.84 Å². The summed E-state index contributed by atoms with van der Waals surface area (Å²) in [5, 5.41) is 27.3. The summed E-state index contributed by atoms with van der Waals surface area (Å²) in [6, 6.07) is 0.336. The van der Waals surface area contributed by atoms with E-state index in [1.807, 2.05) is 6.92 Å². The molecule has 0 spiro atoms. The molecule has 0 radical (unpaired) electrons. The molecular weight excluding hydrogens is 454 g/mol. The van der Waals surface area contributed by atoms with Gasteiger partial charge in [0.05, 0.1) is 18.4 Å². The van der Waals surface area contributed by atoms with Crippen LogP contribution in [0, 0.1) is 34.5 Å². The molecule has 3 fully saturated rings. The van der Waals surface area contributed by atoms with Gasteiger partial charge in [0.2, 0.25) is 0 Å². The Labute approximate surface area is 217 Å². The molecule has 0 aromatic rings. The standard InChI is InChI=1S/C29H49N3O4/c1-19(2)30-14-15-32(16-17-33)27(35)36-31-20(3)24-8-9-25-23-7-6-21-18-22(34)10-12-28(21,4)26(23)11-13-29(24,25)5/h18-19,22-26,30,33-34H,6-17H2,1-5H3/b31-20+/t22-,23-,24+,25-,26-,28-,29+/m0/s1. The monoisotopic (exact) mass is 503 g/mol. The maximum absolute atomic E-state index is 12.7. The number of carbonyl (C=O) groups is 1. The van der Waals surface area contributed by atoms with Gasteiger partial charge in [-0.15, -0.1) is 0 Å². The zero-order chi connectivity index (χ0) is 26.1. The van der Waals surface area contributed by atoms with Crippen molar-refractivity contribution in [1.29, 1.82) is 0 Å². The third-order valence-electron chi connectivity index (χ3n) is 10.4. The first-order chi connectivity index (χ1) is 17.1. The molecule has 36 heavy (non-hydrogen) atoms. The van der Waals surface area contributed by atoms with Gasteiger partial charge in [-0.2, -0.15) is 0 Å². The van der Waals surface area contributed by atoms with Crippen LogP contribution in [0.2, 0.25) is 0 Å². The molecule has 204 valence electrons. The summed E-state index contributed by atoms with van der Waals surface area (Å²) in [5.41, 5.74) is 2.89. The summed E-state index contributed by atoms with van der Waals surface area (Å²) in [6.45, 7) is 12.4. The number of carbonyl (C=O) groups excluding carboxylic acids is 1. The summed E-state index contributed by atoms with van der Waals surface area (Å²) < 4.78 is 0. The van der Waals surface area contributed by atoms with E-state index in [-0.39, 0.29) is 30.1 Å². The van der Waals surface area contributed by atoms with Gasteiger partial charge in [-0.1, -0.05) is 44.5 Å². The topological polar surface area (TPSA) is 94.4 Å². The van der Waals surface area contributed by atoms with Crippen molar-refractivity contribution in [2.24, 2.45) is 39.7 Å². The Kier molecular flexibility index (Phi) is 8.52. The van der Waals surface area contributed by atoms with Crippen LogP contribution in [-0.4, -0.2) is 65.3 Å². The first kappa shape index (κ1) is 27.6. The number of aliphatic hydroxyl groups excluding tert-OH is 2. The van der Waals surface area contributed by atoms with Crippen molar-refractivity contribution >= 4 is 11.8 Å². The number of hydrogen-bond acceptors (Lipinski definition) is 6. The number of nitrogens with one attached hydrogen (secondary N) is 1. The van der Waals surface area contributed by atoms with Crippen LogP contribution < -0.4 is 5.32 Å². The fourth-order valence-corrected chi connectivity index (χ4v) is 8.53. The van der Waals surface area contributed by atoms with E-state index in [4.69, 9.17) is 4.84 Å². The quantitative estimate of drug-likeness (QED) is 0.193. The Morgan fingerprint density at radius 2 is 1.94 bits per heavy atom. The lowest BCUT2D eigenvalue weighted by molar-refractivity contribution is -0.0479. The first-order valence-corrected chi connectivity index (χ1v) is 14.3. The van der Waals surface area contributed by atoms with Crippen LogP contribution in [0.1, 0.15) is 86.0 Å². The number of allylic oxidation sites excluding steroid dienone is 1. The van der Waals surface area contributed by atoms with Crippen LogP contribution in [0.4, 0.5) is 4.79 Å². The van der Waals surface area contributed by atoms with Crippen LogP contribution in [-0.2, 0) is 4.84 Å². The molecular formula is C29H49N3O4. The van der Waals surface area contributed by atoms with E-state index >= 15 is 0 Å². The zero-order valence-corrected chi connectivity index (χ0v) is 23.1. The normalized spacial score (nSPS) is 38.2. The van der Waals surface area contributed by atoms with Crippen LogP contribution in [0.15, 0.2) is 16.8 Å². The summed E-state index contributed by atoms with van der Waals surface area (Å²) in [7, 11) is 0. The van der Waals surface area contributed by atoms with Crippen molar-refractivity contribution in [3.8, 4) is 0 Å². The predicted molar refractivity (Wildman–Crippen MR) is 143 cm³/mol. The molecule has 1 amide bonds. The van der Waals surface area contributed by atoms with E-state index in [2.05, 4.69) is 44.2 Å². The average molecular weight is 504 g/mol. The molecule has 0 heterocycles. The second kappa shape index (κ2) is 11.1. The molecule has 7 atom stereocenters. The largest absolute Gasteiger partial charge is 0.436 e. The molecule has 0 aromatic carbocycles. The molecule has 4 aliphatic rings. The van der Waals surface area contributed by atoms with Crippen molar-refractivity contribution in [2.75, 3.05) is 26.2 Å². The lowest BCUT2D eigenvalue weighted by atomic mass is 9.46. The number of amides is 1. The van der Waals surface area contributed by atoms with Crippen molar-refractivity contribution in [3.63, 3.8) is 0 Å². The molecule has 0 saturated heterocycles. The summed E-state index contributed by atoms with van der Waals surface area (Å²) in [4.78, 5) is 19.6. The fraction of sp³-hybridized carbons (Fsp3) is 0.862. The number of nitrogens with zero attached hydrogens (tertiary/aromatic N) is 2. The van der Waals surface area contributed by atoms with Crippen LogP contribution in [0.3, 0.4) is 0 Å². The van der Waals surface area contributed by atoms with E-state index in [1.54, 1.807) is 0 Å². The Hall–Kier alpha value is -1.44. The lowest BCUT2D eigenvalue weighted by Crippen LogP contribution is -2.51. The van der Waals surface area contributed by atoms with Crippen molar-refractivity contribution in [1.82, 2.24) is 10.2 Å². The SMILES string of the molecule is C/C(=N\OC(=O)N(CCO)CCNC(C)C)[C@H]1CC[C@H]2[C@@H]3CCC4=C[C@@H](O)CC[C@]4(C)[C@H]3CC[C@]12C. The van der Waals surface area contributed by atoms with E-state index in [0.29, 0.717) is 36.9 Å². The molecule has 0 bridgehead atoms. The molecule has 4 rings (SSSR count). The number of fused-ring (bicyclic) bond motifs is 5. The van der Waals surface area contributed by atoms with Crippen LogP contribution in [0.25, 0.3) is 0 Å². The van der Waals surface area contributed by atoms with Crippen molar-refractivity contribution < 1.29 is 19.8 Å². The van der Waals surface area contributed by atoms with Gasteiger partial charge in [0.15, 0.2) is 0 Å². The predicted octanol–water partition coefficient (Wildman–Crippen LogP) is 4.73. The first-order valence-electron chi connectivity index (χ1n) is 14.3. The van der Waals surface area contributed by atoms with E-state index in [9.17, 15) is 15.0 Å². The minimum atomic E-state index is -0.489. The Bertz CT molecular complexity index is 857. The van der Waals surface area contributed by atoms with E-state index in [1.165, 1.54) is 36.2 Å². The summed E-state index contributed by atoms with van der Waals surface area (Å²) >= 11 is 0. The van der Waals surface area contributed by atoms with Crippen molar-refractivity contribution in [3.05, 3.63) is 11.6 Å². The van der Waals surface area contributed by atoms with Gasteiger partial charge in [0, 0.05) is 31.6 Å². The van der Waals surface area contributed by atoms with Gasteiger partial charge >= 0.3 is 6.09 Å². The Balaban J connectivity index is 1.42. The highest BCUT2D eigenvalue weighted by atomic mass is 16.7. The third kappa shape index (κ3) is 5.25. The molecule has 0 unspecified atom stereocenters. The highest BCUT2D eigenvalue weighted by Crippen LogP contribution is 2.66. The van der Waals surface area contributed by atoms with Crippen molar-refractivity contribution in [2.45, 2.75) is 98.1 Å². The summed E-state index contributed by atoms with van der Waals surface area (Å²) in [5.74, 6) is 2.46. The molecule has 0 aromatic heterocycles. The minimum Gasteiger partial charge on any atom is -0.395 e. The van der Waals surface area contributed by atoms with E-state index < -0.39 is 6.09 Å². The highest BCUT2D eigenvalue weighted by Gasteiger charge is 2.59. The number of aliphatic hydroxyl groups is 2. The van der Waals surface area contributed by atoms with Gasteiger partial charge in [-0.25, -0.2) is 4.79 Å². The highest BCUT2D eigenvalue weighted by molar-refractivity contribution is 5.85. The molecule has 3 saturated carbocycles. The van der Waals surface area contributed by atoms with E-state index in [0.717, 1.165) is 37.3 Å². The Morgan fingerprint density at radius 1 is 1.17 bits per heavy atom. The molecule has 7 nitrogen and oxygen atoms in total. The molecule has 4 aliphatic carbocycles. The minimum absolute atomic E-state index is 0.0980. The number of hydrogen-bond donors (Lipinski definition) is 3. The fourth-order valence-electron chi connectivity index (χ4n) is 8.53. The van der Waals surface area contributed by atoms with Gasteiger partial charge in [0.1, 0.15) is 0 Å². The van der Waals surface area contributed by atoms with Gasteiger partial charge in [-0.05, 0) is 86.9 Å². The third-order valence-corrected chi connectivity index (χ3v) is 10.4. The Morgan fingerprint density at radius 3 is 2.67 bits per heavy atom. The second-order valence-electron chi connectivity index (χ2n) is 12.7. The lowest BCUT2D eigenvalue weighted by Gasteiger charge is -2.58. The second-order valence-corrected chi connectivity index (χ2v) is 12.7. The van der Waals surface area contributed by atoms with Gasteiger partial charge < -0.3 is 20.4 Å². The zero-order valence-electron chi connectivity index (χ0n) is 23.1. The van der Waals surface area contributed by atoms with Crippen LogP contribution in [0.5, 0.6) is 0 Å². The van der Waals surface area contributed by atoms with Crippen LogP contribution >= 0.6 is 0 Å². The molecule has 3 N–H and O–H groups in total. The maximum Gasteiger partial charge on any atom is 0.436 e. The van der Waals surface area contributed by atoms with Gasteiger partial charge in [0.25, 0.3) is 0 Å². The summed E-state index contributed by atoms with van der Waals surface area (Å²) in [6.07, 6.45) is 10.5.